The van der Waals surface area contributed by atoms with E-state index in [1.807, 2.05) is 52.0 Å². The molecule has 2 aromatic heterocycles. The predicted octanol–water partition coefficient (Wildman–Crippen LogP) is 5.66. The fraction of sp³-hybridized carbons (Fsp3) is 0.208. The molecule has 0 aliphatic heterocycles. The van der Waals surface area contributed by atoms with Crippen LogP contribution in [0, 0.1) is 6.92 Å². The van der Waals surface area contributed by atoms with Crippen LogP contribution in [0.5, 0.6) is 0 Å². The van der Waals surface area contributed by atoms with Gasteiger partial charge in [-0.3, -0.25) is 10.1 Å². The molecule has 0 aliphatic rings. The number of carbonyl (C=O) groups excluding carboxylic acids is 2. The van der Waals surface area contributed by atoms with Crippen molar-refractivity contribution in [3.63, 3.8) is 0 Å². The number of aromatic nitrogens is 2. The van der Waals surface area contributed by atoms with Crippen LogP contribution >= 0.6 is 0 Å². The van der Waals surface area contributed by atoms with Crippen LogP contribution in [-0.2, 0) is 5.41 Å². The molecule has 0 radical (unpaired) electrons. The quantitative estimate of drug-likeness (QED) is 0.334. The summed E-state index contributed by atoms with van der Waals surface area (Å²) in [7, 11) is 0. The Hall–Kier alpha value is -4.07. The maximum Gasteiger partial charge on any atom is 0.324 e. The molecule has 0 spiro atoms. The Bertz CT molecular complexity index is 1280. The maximum atomic E-state index is 12.6. The number of amides is 3. The molecule has 8 heteroatoms. The number of anilines is 3. The van der Waals surface area contributed by atoms with Crippen LogP contribution in [0.2, 0.25) is 0 Å². The molecule has 4 rings (SSSR count). The zero-order valence-corrected chi connectivity index (χ0v) is 18.4. The van der Waals surface area contributed by atoms with Crippen LogP contribution in [0.15, 0.2) is 59.1 Å². The number of urea groups is 1. The van der Waals surface area contributed by atoms with Gasteiger partial charge in [-0.2, -0.15) is 0 Å². The lowest BCUT2D eigenvalue weighted by atomic mass is 9.93. The van der Waals surface area contributed by atoms with Crippen LogP contribution in [0.3, 0.4) is 0 Å². The van der Waals surface area contributed by atoms with E-state index in [4.69, 9.17) is 4.52 Å². The van der Waals surface area contributed by atoms with Crippen LogP contribution in [0.25, 0.3) is 10.9 Å². The monoisotopic (exact) mass is 431 g/mol. The van der Waals surface area contributed by atoms with Gasteiger partial charge >= 0.3 is 6.03 Å². The van der Waals surface area contributed by atoms with Gasteiger partial charge in [-0.25, -0.2) is 4.79 Å². The van der Waals surface area contributed by atoms with Crippen molar-refractivity contribution in [2.75, 3.05) is 16.0 Å². The first-order chi connectivity index (χ1) is 15.2. The van der Waals surface area contributed by atoms with Gasteiger partial charge in [-0.15, -0.1) is 0 Å². The molecule has 8 nitrogen and oxygen atoms in total. The first kappa shape index (κ1) is 21.2. The average molecular weight is 431 g/mol. The molecule has 0 atom stereocenters. The summed E-state index contributed by atoms with van der Waals surface area (Å²) in [4.78, 5) is 27.9. The Labute approximate surface area is 185 Å². The molecule has 3 amide bonds. The van der Waals surface area contributed by atoms with Crippen molar-refractivity contribution in [3.05, 3.63) is 71.6 Å². The fourth-order valence-corrected chi connectivity index (χ4v) is 3.18. The van der Waals surface area contributed by atoms with E-state index in [1.165, 1.54) is 0 Å². The van der Waals surface area contributed by atoms with Gasteiger partial charge in [-0.05, 0) is 49.4 Å². The van der Waals surface area contributed by atoms with Crippen molar-refractivity contribution >= 4 is 40.0 Å². The normalized spacial score (nSPS) is 11.4. The molecule has 2 heterocycles. The van der Waals surface area contributed by atoms with E-state index < -0.39 is 6.03 Å². The molecule has 0 saturated carbocycles. The summed E-state index contributed by atoms with van der Waals surface area (Å²) in [6.07, 6.45) is 0. The molecule has 4 N–H and O–H groups in total. The molecule has 0 bridgehead atoms. The Morgan fingerprint density at radius 1 is 0.906 bits per heavy atom. The summed E-state index contributed by atoms with van der Waals surface area (Å²) in [5, 5.41) is 13.1. The minimum Gasteiger partial charge on any atom is -0.359 e. The van der Waals surface area contributed by atoms with Crippen LogP contribution in [0.4, 0.5) is 22.0 Å². The second-order valence-corrected chi connectivity index (χ2v) is 8.71. The molecule has 0 fully saturated rings. The van der Waals surface area contributed by atoms with Crippen molar-refractivity contribution in [2.45, 2.75) is 33.1 Å². The third-order valence-electron chi connectivity index (χ3n) is 4.91. The second-order valence-electron chi connectivity index (χ2n) is 8.71. The second kappa shape index (κ2) is 8.22. The SMILES string of the molecule is Cc1ccc2[nH]c(C(=O)Nc3ccc(NC(=O)Nc4cc(C(C)(C)C)on4)cc3)cc2c1. The number of aromatic amines is 1. The fourth-order valence-electron chi connectivity index (χ4n) is 3.18. The molecule has 0 aliphatic carbocycles. The first-order valence-electron chi connectivity index (χ1n) is 10.2. The maximum absolute atomic E-state index is 12.6. The van der Waals surface area contributed by atoms with E-state index >= 15 is 0 Å². The minimum absolute atomic E-state index is 0.199. The molecule has 2 aromatic carbocycles. The van der Waals surface area contributed by atoms with Crippen molar-refractivity contribution in [2.24, 2.45) is 0 Å². The standard InChI is InChI=1S/C24H25N5O3/c1-14-5-10-18-15(11-14)12-19(27-18)22(30)25-16-6-8-17(9-7-16)26-23(31)28-21-13-20(32-29-21)24(2,3)4/h5-13,27H,1-4H3,(H,25,30)(H2,26,28,29,31). The van der Waals surface area contributed by atoms with Crippen molar-refractivity contribution in [3.8, 4) is 0 Å². The first-order valence-corrected chi connectivity index (χ1v) is 10.2. The van der Waals surface area contributed by atoms with Gasteiger partial charge in [0.2, 0.25) is 0 Å². The highest BCUT2D eigenvalue weighted by molar-refractivity contribution is 6.06. The number of carbonyl (C=O) groups is 2. The average Bonchev–Trinajstić information content (AvgIpc) is 3.36. The molecule has 4 aromatic rings. The zero-order chi connectivity index (χ0) is 22.9. The van der Waals surface area contributed by atoms with Gasteiger partial charge in [-0.1, -0.05) is 37.6 Å². The predicted molar refractivity (Wildman–Crippen MR) is 125 cm³/mol. The Morgan fingerprint density at radius 3 is 2.25 bits per heavy atom. The summed E-state index contributed by atoms with van der Waals surface area (Å²) in [5.74, 6) is 0.779. The van der Waals surface area contributed by atoms with Crippen LogP contribution in [-0.4, -0.2) is 22.1 Å². The number of fused-ring (bicyclic) bond motifs is 1. The van der Waals surface area contributed by atoms with Crippen molar-refractivity contribution in [1.82, 2.24) is 10.1 Å². The molecule has 164 valence electrons. The Balaban J connectivity index is 1.35. The third kappa shape index (κ3) is 4.80. The van der Waals surface area contributed by atoms with Gasteiger partial charge in [0.25, 0.3) is 5.91 Å². The highest BCUT2D eigenvalue weighted by Crippen LogP contribution is 2.24. The molecular formula is C24H25N5O3. The number of hydrogen-bond acceptors (Lipinski definition) is 4. The van der Waals surface area contributed by atoms with Crippen molar-refractivity contribution in [1.29, 1.82) is 0 Å². The minimum atomic E-state index is -0.441. The number of nitrogens with zero attached hydrogens (tertiary/aromatic N) is 1. The lowest BCUT2D eigenvalue weighted by Crippen LogP contribution is -2.19. The topological polar surface area (TPSA) is 112 Å². The lowest BCUT2D eigenvalue weighted by molar-refractivity contribution is 0.102. The van der Waals surface area contributed by atoms with Gasteiger partial charge in [0, 0.05) is 33.8 Å². The van der Waals surface area contributed by atoms with E-state index in [-0.39, 0.29) is 11.3 Å². The smallest absolute Gasteiger partial charge is 0.324 e. The summed E-state index contributed by atoms with van der Waals surface area (Å²) in [6.45, 7) is 8.00. The summed E-state index contributed by atoms with van der Waals surface area (Å²) < 4.78 is 5.26. The molecular weight excluding hydrogens is 406 g/mol. The highest BCUT2D eigenvalue weighted by Gasteiger charge is 2.20. The van der Waals surface area contributed by atoms with Crippen molar-refractivity contribution < 1.29 is 14.1 Å². The van der Waals surface area contributed by atoms with Gasteiger partial charge in [0.05, 0.1) is 0 Å². The Kier molecular flexibility index (Phi) is 5.44. The van der Waals surface area contributed by atoms with E-state index in [2.05, 4.69) is 26.1 Å². The summed E-state index contributed by atoms with van der Waals surface area (Å²) in [5.41, 5.74) is 3.51. The molecule has 0 saturated heterocycles. The summed E-state index contributed by atoms with van der Waals surface area (Å²) in [6, 6.07) is 15.9. The number of nitrogens with one attached hydrogen (secondary N) is 4. The van der Waals surface area contributed by atoms with Crippen LogP contribution in [0.1, 0.15) is 42.6 Å². The zero-order valence-electron chi connectivity index (χ0n) is 18.4. The number of aryl methyl sites for hydroxylation is 1. The van der Waals surface area contributed by atoms with Crippen LogP contribution < -0.4 is 16.0 Å². The molecule has 0 unspecified atom stereocenters. The lowest BCUT2D eigenvalue weighted by Gasteiger charge is -2.12. The number of rotatable bonds is 4. The number of hydrogen-bond donors (Lipinski definition) is 4. The highest BCUT2D eigenvalue weighted by atomic mass is 16.5. The van der Waals surface area contributed by atoms with E-state index in [9.17, 15) is 9.59 Å². The van der Waals surface area contributed by atoms with Gasteiger partial charge in [0.15, 0.2) is 5.82 Å². The molecule has 32 heavy (non-hydrogen) atoms. The number of H-pyrrole nitrogens is 1. The van der Waals surface area contributed by atoms with E-state index in [0.29, 0.717) is 28.6 Å². The Morgan fingerprint density at radius 2 is 1.59 bits per heavy atom. The summed E-state index contributed by atoms with van der Waals surface area (Å²) >= 11 is 0. The number of benzene rings is 2. The van der Waals surface area contributed by atoms with Gasteiger partial charge in [0.1, 0.15) is 11.5 Å². The van der Waals surface area contributed by atoms with Gasteiger partial charge < -0.3 is 20.1 Å². The van der Waals surface area contributed by atoms with E-state index in [0.717, 1.165) is 16.5 Å². The van der Waals surface area contributed by atoms with E-state index in [1.54, 1.807) is 30.3 Å². The third-order valence-corrected chi connectivity index (χ3v) is 4.91. The largest absolute Gasteiger partial charge is 0.359 e.